The minimum atomic E-state index is -0.00658. The molecule has 1 unspecified atom stereocenters. The van der Waals surface area contributed by atoms with E-state index in [9.17, 15) is 4.79 Å². The standard InChI is InChI=1S/C16H26N2O2/c1-6-20-15-8-7-13(10-14(15)17)16(19)18(5)12(4)9-11(2)3/h7-8,10-12H,6,9,17H2,1-5H3. The molecule has 0 bridgehead atoms. The first-order valence-electron chi connectivity index (χ1n) is 7.16. The average Bonchev–Trinajstić information content (AvgIpc) is 2.38. The third-order valence-electron chi connectivity index (χ3n) is 3.35. The number of nitrogens with zero attached hydrogens (tertiary/aromatic N) is 1. The Morgan fingerprint density at radius 1 is 1.35 bits per heavy atom. The molecule has 0 aliphatic carbocycles. The van der Waals surface area contributed by atoms with Crippen molar-refractivity contribution in [2.24, 2.45) is 5.92 Å². The Hall–Kier alpha value is -1.71. The summed E-state index contributed by atoms with van der Waals surface area (Å²) in [6.07, 6.45) is 0.981. The van der Waals surface area contributed by atoms with Crippen LogP contribution in [-0.2, 0) is 0 Å². The zero-order valence-electron chi connectivity index (χ0n) is 13.1. The number of anilines is 1. The first kappa shape index (κ1) is 16.3. The fourth-order valence-electron chi connectivity index (χ4n) is 2.21. The van der Waals surface area contributed by atoms with Crippen LogP contribution in [0.25, 0.3) is 0 Å². The Morgan fingerprint density at radius 3 is 2.50 bits per heavy atom. The van der Waals surface area contributed by atoms with Gasteiger partial charge in [0.2, 0.25) is 0 Å². The van der Waals surface area contributed by atoms with Gasteiger partial charge in [0, 0.05) is 18.7 Å². The number of carbonyl (C=O) groups excluding carboxylic acids is 1. The Balaban J connectivity index is 2.84. The van der Waals surface area contributed by atoms with E-state index in [-0.39, 0.29) is 11.9 Å². The minimum Gasteiger partial charge on any atom is -0.492 e. The summed E-state index contributed by atoms with van der Waals surface area (Å²) < 4.78 is 5.38. The van der Waals surface area contributed by atoms with Gasteiger partial charge >= 0.3 is 0 Å². The predicted octanol–water partition coefficient (Wildman–Crippen LogP) is 3.17. The smallest absolute Gasteiger partial charge is 0.253 e. The molecule has 0 aromatic heterocycles. The highest BCUT2D eigenvalue weighted by molar-refractivity contribution is 5.95. The summed E-state index contributed by atoms with van der Waals surface area (Å²) >= 11 is 0. The number of benzene rings is 1. The molecule has 20 heavy (non-hydrogen) atoms. The van der Waals surface area contributed by atoms with Gasteiger partial charge in [0.25, 0.3) is 5.91 Å². The summed E-state index contributed by atoms with van der Waals surface area (Å²) in [4.78, 5) is 14.2. The van der Waals surface area contributed by atoms with Gasteiger partial charge in [-0.1, -0.05) is 13.8 Å². The summed E-state index contributed by atoms with van der Waals surface area (Å²) in [6.45, 7) is 8.84. The largest absolute Gasteiger partial charge is 0.492 e. The fraction of sp³-hybridized carbons (Fsp3) is 0.562. The molecule has 1 aromatic carbocycles. The number of nitrogen functional groups attached to an aromatic ring is 1. The lowest BCUT2D eigenvalue weighted by atomic mass is 10.0. The number of carbonyl (C=O) groups is 1. The van der Waals surface area contributed by atoms with Crippen LogP contribution in [0.1, 0.15) is 44.5 Å². The molecule has 112 valence electrons. The highest BCUT2D eigenvalue weighted by Gasteiger charge is 2.19. The number of nitrogens with two attached hydrogens (primary N) is 1. The molecule has 0 aliphatic heterocycles. The second-order valence-electron chi connectivity index (χ2n) is 5.58. The molecule has 1 amide bonds. The van der Waals surface area contributed by atoms with Crippen molar-refractivity contribution in [1.29, 1.82) is 0 Å². The van der Waals surface area contributed by atoms with Gasteiger partial charge in [-0.25, -0.2) is 0 Å². The van der Waals surface area contributed by atoms with E-state index in [1.54, 1.807) is 23.1 Å². The summed E-state index contributed by atoms with van der Waals surface area (Å²) in [5.74, 6) is 1.18. The van der Waals surface area contributed by atoms with Crippen LogP contribution in [0.3, 0.4) is 0 Å². The molecule has 1 aromatic rings. The van der Waals surface area contributed by atoms with Gasteiger partial charge in [0.05, 0.1) is 12.3 Å². The molecule has 2 N–H and O–H groups in total. The van der Waals surface area contributed by atoms with Crippen LogP contribution in [0.4, 0.5) is 5.69 Å². The van der Waals surface area contributed by atoms with Gasteiger partial charge in [0.1, 0.15) is 5.75 Å². The van der Waals surface area contributed by atoms with E-state index in [4.69, 9.17) is 10.5 Å². The van der Waals surface area contributed by atoms with Crippen molar-refractivity contribution in [3.05, 3.63) is 23.8 Å². The third-order valence-corrected chi connectivity index (χ3v) is 3.35. The Bertz CT molecular complexity index is 458. The first-order chi connectivity index (χ1) is 9.36. The molecule has 0 saturated heterocycles. The molecule has 0 saturated carbocycles. The van der Waals surface area contributed by atoms with E-state index in [0.29, 0.717) is 29.5 Å². The fourth-order valence-corrected chi connectivity index (χ4v) is 2.21. The highest BCUT2D eigenvalue weighted by Crippen LogP contribution is 2.23. The molecule has 4 nitrogen and oxygen atoms in total. The van der Waals surface area contributed by atoms with Crippen molar-refractivity contribution >= 4 is 11.6 Å². The number of rotatable bonds is 6. The SMILES string of the molecule is CCOc1ccc(C(=O)N(C)C(C)CC(C)C)cc1N. The average molecular weight is 278 g/mol. The first-order valence-corrected chi connectivity index (χ1v) is 7.16. The Kier molecular flexibility index (Phi) is 5.86. The third kappa shape index (κ3) is 4.15. The minimum absolute atomic E-state index is 0.00658. The Morgan fingerprint density at radius 2 is 2.00 bits per heavy atom. The lowest BCUT2D eigenvalue weighted by molar-refractivity contribution is 0.0728. The van der Waals surface area contributed by atoms with Crippen LogP contribution in [0, 0.1) is 5.92 Å². The molecular formula is C16H26N2O2. The van der Waals surface area contributed by atoms with Crippen LogP contribution in [0.5, 0.6) is 5.75 Å². The maximum absolute atomic E-state index is 12.4. The van der Waals surface area contributed by atoms with Crippen molar-refractivity contribution in [1.82, 2.24) is 4.90 Å². The molecule has 0 aliphatic rings. The Labute approximate surface area is 121 Å². The van der Waals surface area contributed by atoms with Crippen LogP contribution in [0.15, 0.2) is 18.2 Å². The van der Waals surface area contributed by atoms with Gasteiger partial charge in [-0.2, -0.15) is 0 Å². The van der Waals surface area contributed by atoms with Gasteiger partial charge in [-0.05, 0) is 44.4 Å². The summed E-state index contributed by atoms with van der Waals surface area (Å²) in [5.41, 5.74) is 7.01. The molecule has 1 atom stereocenters. The predicted molar refractivity (Wildman–Crippen MR) is 83.0 cm³/mol. The molecule has 0 radical (unpaired) electrons. The zero-order valence-corrected chi connectivity index (χ0v) is 13.1. The molecule has 0 fully saturated rings. The summed E-state index contributed by atoms with van der Waals surface area (Å²) in [5, 5.41) is 0. The second kappa shape index (κ2) is 7.17. The quantitative estimate of drug-likeness (QED) is 0.813. The maximum atomic E-state index is 12.4. The lowest BCUT2D eigenvalue weighted by Crippen LogP contribution is -2.35. The van der Waals surface area contributed by atoms with E-state index in [0.717, 1.165) is 6.42 Å². The van der Waals surface area contributed by atoms with E-state index in [2.05, 4.69) is 20.8 Å². The van der Waals surface area contributed by atoms with Crippen LogP contribution in [0.2, 0.25) is 0 Å². The number of hydrogen-bond donors (Lipinski definition) is 1. The monoisotopic (exact) mass is 278 g/mol. The number of amides is 1. The molecule has 0 spiro atoms. The van der Waals surface area contributed by atoms with Crippen molar-refractivity contribution in [3.8, 4) is 5.75 Å². The van der Waals surface area contributed by atoms with E-state index in [1.165, 1.54) is 0 Å². The topological polar surface area (TPSA) is 55.6 Å². The van der Waals surface area contributed by atoms with Gasteiger partial charge < -0.3 is 15.4 Å². The summed E-state index contributed by atoms with van der Waals surface area (Å²) in [7, 11) is 1.84. The van der Waals surface area contributed by atoms with E-state index < -0.39 is 0 Å². The molecular weight excluding hydrogens is 252 g/mol. The zero-order chi connectivity index (χ0) is 15.3. The van der Waals surface area contributed by atoms with Crippen molar-refractivity contribution in [3.63, 3.8) is 0 Å². The van der Waals surface area contributed by atoms with E-state index in [1.807, 2.05) is 14.0 Å². The van der Waals surface area contributed by atoms with Crippen molar-refractivity contribution in [2.45, 2.75) is 40.2 Å². The summed E-state index contributed by atoms with van der Waals surface area (Å²) in [6, 6.07) is 5.41. The van der Waals surface area contributed by atoms with Crippen molar-refractivity contribution < 1.29 is 9.53 Å². The lowest BCUT2D eigenvalue weighted by Gasteiger charge is -2.26. The second-order valence-corrected chi connectivity index (χ2v) is 5.58. The van der Waals surface area contributed by atoms with Crippen LogP contribution >= 0.6 is 0 Å². The normalized spacial score (nSPS) is 12.3. The molecule has 1 rings (SSSR count). The highest BCUT2D eigenvalue weighted by atomic mass is 16.5. The number of ether oxygens (including phenoxy) is 1. The molecule has 0 heterocycles. The van der Waals surface area contributed by atoms with Crippen LogP contribution in [-0.4, -0.2) is 30.5 Å². The van der Waals surface area contributed by atoms with E-state index >= 15 is 0 Å². The van der Waals surface area contributed by atoms with Crippen LogP contribution < -0.4 is 10.5 Å². The van der Waals surface area contributed by atoms with Gasteiger partial charge in [-0.3, -0.25) is 4.79 Å². The van der Waals surface area contributed by atoms with Crippen molar-refractivity contribution in [2.75, 3.05) is 19.4 Å². The molecule has 4 heteroatoms. The number of hydrogen-bond acceptors (Lipinski definition) is 3. The van der Waals surface area contributed by atoms with Gasteiger partial charge in [0.15, 0.2) is 0 Å². The maximum Gasteiger partial charge on any atom is 0.253 e. The van der Waals surface area contributed by atoms with Gasteiger partial charge in [-0.15, -0.1) is 0 Å².